The molecule has 1 aromatic rings. The van der Waals surface area contributed by atoms with E-state index in [2.05, 4.69) is 15.2 Å². The van der Waals surface area contributed by atoms with Crippen LogP contribution in [0.5, 0.6) is 0 Å². The third-order valence-electron chi connectivity index (χ3n) is 4.08. The van der Waals surface area contributed by atoms with Crippen molar-refractivity contribution in [3.05, 3.63) is 23.5 Å². The molecule has 3 heterocycles. The standard InChI is InChI=1S/C14H21N3O3/c1-10-11(2-3-15-10)14(18)16-12-8-20-9-13(12)17-4-6-19-7-5-17/h2-3,12-13,15H,4-9H2,1H3,(H,16,18)/t12-,13-/m0/s1. The van der Waals surface area contributed by atoms with Crippen LogP contribution in [-0.2, 0) is 9.47 Å². The highest BCUT2D eigenvalue weighted by molar-refractivity contribution is 5.95. The number of ether oxygens (including phenoxy) is 2. The number of hydrogen-bond donors (Lipinski definition) is 2. The Labute approximate surface area is 118 Å². The third kappa shape index (κ3) is 2.72. The number of rotatable bonds is 3. The van der Waals surface area contributed by atoms with Crippen molar-refractivity contribution in [1.82, 2.24) is 15.2 Å². The molecule has 2 fully saturated rings. The summed E-state index contributed by atoms with van der Waals surface area (Å²) in [6, 6.07) is 2.11. The zero-order valence-corrected chi connectivity index (χ0v) is 11.7. The minimum atomic E-state index is -0.0301. The van der Waals surface area contributed by atoms with Crippen LogP contribution < -0.4 is 5.32 Å². The van der Waals surface area contributed by atoms with E-state index < -0.39 is 0 Å². The number of nitrogens with zero attached hydrogens (tertiary/aromatic N) is 1. The zero-order valence-electron chi connectivity index (χ0n) is 11.7. The van der Waals surface area contributed by atoms with Crippen molar-refractivity contribution in [3.8, 4) is 0 Å². The van der Waals surface area contributed by atoms with Gasteiger partial charge >= 0.3 is 0 Å². The Morgan fingerprint density at radius 1 is 1.35 bits per heavy atom. The van der Waals surface area contributed by atoms with Gasteiger partial charge in [-0.1, -0.05) is 0 Å². The van der Waals surface area contributed by atoms with Crippen LogP contribution in [0.25, 0.3) is 0 Å². The molecule has 20 heavy (non-hydrogen) atoms. The molecular formula is C14H21N3O3. The van der Waals surface area contributed by atoms with E-state index in [-0.39, 0.29) is 18.0 Å². The van der Waals surface area contributed by atoms with Crippen LogP contribution in [0.2, 0.25) is 0 Å². The molecule has 1 aromatic heterocycles. The van der Waals surface area contributed by atoms with Gasteiger partial charge in [-0.3, -0.25) is 9.69 Å². The Morgan fingerprint density at radius 3 is 2.85 bits per heavy atom. The van der Waals surface area contributed by atoms with Crippen molar-refractivity contribution >= 4 is 5.91 Å². The van der Waals surface area contributed by atoms with Crippen LogP contribution >= 0.6 is 0 Å². The predicted octanol–water partition coefficient (Wildman–Crippen LogP) is 0.153. The van der Waals surface area contributed by atoms with E-state index in [9.17, 15) is 4.79 Å². The molecule has 1 amide bonds. The Morgan fingerprint density at radius 2 is 2.15 bits per heavy atom. The summed E-state index contributed by atoms with van der Waals surface area (Å²) in [6.07, 6.45) is 1.79. The monoisotopic (exact) mass is 279 g/mol. The first-order valence-corrected chi connectivity index (χ1v) is 7.10. The Kier molecular flexibility index (Phi) is 4.05. The average molecular weight is 279 g/mol. The van der Waals surface area contributed by atoms with Gasteiger partial charge in [0.2, 0.25) is 0 Å². The van der Waals surface area contributed by atoms with Crippen molar-refractivity contribution in [2.75, 3.05) is 39.5 Å². The lowest BCUT2D eigenvalue weighted by Gasteiger charge is -2.34. The van der Waals surface area contributed by atoms with E-state index in [0.717, 1.165) is 32.0 Å². The summed E-state index contributed by atoms with van der Waals surface area (Å²) in [5.41, 5.74) is 1.60. The van der Waals surface area contributed by atoms with Crippen LogP contribution in [0.4, 0.5) is 0 Å². The van der Waals surface area contributed by atoms with E-state index in [4.69, 9.17) is 9.47 Å². The molecule has 2 N–H and O–H groups in total. The maximum absolute atomic E-state index is 12.3. The summed E-state index contributed by atoms with van der Waals surface area (Å²) in [4.78, 5) is 17.7. The van der Waals surface area contributed by atoms with E-state index >= 15 is 0 Å². The van der Waals surface area contributed by atoms with Crippen molar-refractivity contribution in [2.45, 2.75) is 19.0 Å². The molecule has 0 unspecified atom stereocenters. The van der Waals surface area contributed by atoms with Gasteiger partial charge in [-0.05, 0) is 13.0 Å². The van der Waals surface area contributed by atoms with Gasteiger partial charge in [0, 0.05) is 25.0 Å². The fourth-order valence-corrected chi connectivity index (χ4v) is 2.89. The fraction of sp³-hybridized carbons (Fsp3) is 0.643. The summed E-state index contributed by atoms with van der Waals surface area (Å²) < 4.78 is 10.9. The average Bonchev–Trinajstić information content (AvgIpc) is 3.08. The number of H-pyrrole nitrogens is 1. The molecule has 6 nitrogen and oxygen atoms in total. The number of aromatic amines is 1. The largest absolute Gasteiger partial charge is 0.379 e. The maximum atomic E-state index is 12.3. The molecule has 0 radical (unpaired) electrons. The Hall–Kier alpha value is -1.37. The van der Waals surface area contributed by atoms with E-state index in [1.54, 1.807) is 6.20 Å². The van der Waals surface area contributed by atoms with Crippen LogP contribution in [0.15, 0.2) is 12.3 Å². The second-order valence-corrected chi connectivity index (χ2v) is 5.35. The zero-order chi connectivity index (χ0) is 13.9. The first-order chi connectivity index (χ1) is 9.75. The van der Waals surface area contributed by atoms with Crippen LogP contribution in [0.1, 0.15) is 16.1 Å². The number of amides is 1. The van der Waals surface area contributed by atoms with Crippen LogP contribution in [0, 0.1) is 6.92 Å². The lowest BCUT2D eigenvalue weighted by Crippen LogP contribution is -2.54. The van der Waals surface area contributed by atoms with E-state index in [0.29, 0.717) is 18.8 Å². The topological polar surface area (TPSA) is 66.6 Å². The molecule has 0 aliphatic carbocycles. The van der Waals surface area contributed by atoms with Crippen molar-refractivity contribution in [1.29, 1.82) is 0 Å². The smallest absolute Gasteiger partial charge is 0.253 e. The second kappa shape index (κ2) is 5.95. The van der Waals surface area contributed by atoms with Gasteiger partial charge in [0.15, 0.2) is 0 Å². The van der Waals surface area contributed by atoms with E-state index in [1.165, 1.54) is 0 Å². The highest BCUT2D eigenvalue weighted by Crippen LogP contribution is 2.16. The van der Waals surface area contributed by atoms with Crippen molar-refractivity contribution in [3.63, 3.8) is 0 Å². The lowest BCUT2D eigenvalue weighted by molar-refractivity contribution is 0.0108. The summed E-state index contributed by atoms with van der Waals surface area (Å²) in [6.45, 7) is 6.49. The number of carbonyl (C=O) groups is 1. The van der Waals surface area contributed by atoms with Gasteiger partial charge in [0.1, 0.15) is 0 Å². The molecule has 2 saturated heterocycles. The van der Waals surface area contributed by atoms with Crippen LogP contribution in [0.3, 0.4) is 0 Å². The summed E-state index contributed by atoms with van der Waals surface area (Å²) in [5, 5.41) is 3.10. The summed E-state index contributed by atoms with van der Waals surface area (Å²) in [7, 11) is 0. The molecule has 110 valence electrons. The molecule has 0 spiro atoms. The number of nitrogens with one attached hydrogen (secondary N) is 2. The Balaban J connectivity index is 1.64. The summed E-state index contributed by atoms with van der Waals surface area (Å²) >= 11 is 0. The Bertz CT molecular complexity index is 468. The van der Waals surface area contributed by atoms with Gasteiger partial charge in [-0.2, -0.15) is 0 Å². The second-order valence-electron chi connectivity index (χ2n) is 5.35. The first kappa shape index (κ1) is 13.6. The first-order valence-electron chi connectivity index (χ1n) is 7.10. The molecular weight excluding hydrogens is 258 g/mol. The lowest BCUT2D eigenvalue weighted by atomic mass is 10.1. The third-order valence-corrected chi connectivity index (χ3v) is 4.08. The number of hydrogen-bond acceptors (Lipinski definition) is 4. The molecule has 6 heteroatoms. The maximum Gasteiger partial charge on any atom is 0.253 e. The van der Waals surface area contributed by atoms with Gasteiger partial charge < -0.3 is 19.8 Å². The van der Waals surface area contributed by atoms with Gasteiger partial charge in [0.25, 0.3) is 5.91 Å². The number of morpholine rings is 1. The molecule has 0 saturated carbocycles. The highest BCUT2D eigenvalue weighted by atomic mass is 16.5. The van der Waals surface area contributed by atoms with Crippen LogP contribution in [-0.4, -0.2) is 67.4 Å². The summed E-state index contributed by atoms with van der Waals surface area (Å²) in [5.74, 6) is -0.0301. The SMILES string of the molecule is Cc1[nH]ccc1C(=O)N[C@H]1COC[C@@H]1N1CCOCC1. The molecule has 2 aliphatic heterocycles. The van der Waals surface area contributed by atoms with Gasteiger partial charge in [-0.25, -0.2) is 0 Å². The highest BCUT2D eigenvalue weighted by Gasteiger charge is 2.35. The minimum absolute atomic E-state index is 0.0301. The van der Waals surface area contributed by atoms with Gasteiger partial charge in [-0.15, -0.1) is 0 Å². The number of aromatic nitrogens is 1. The molecule has 2 aliphatic rings. The predicted molar refractivity (Wildman–Crippen MR) is 73.8 cm³/mol. The van der Waals surface area contributed by atoms with Crippen molar-refractivity contribution < 1.29 is 14.3 Å². The number of carbonyl (C=O) groups excluding carboxylic acids is 1. The normalized spacial score (nSPS) is 27.6. The van der Waals surface area contributed by atoms with Gasteiger partial charge in [0.05, 0.1) is 44.1 Å². The molecule has 0 bridgehead atoms. The fourth-order valence-electron chi connectivity index (χ4n) is 2.89. The quantitative estimate of drug-likeness (QED) is 0.827. The minimum Gasteiger partial charge on any atom is -0.379 e. The molecule has 0 aromatic carbocycles. The number of aryl methyl sites for hydroxylation is 1. The molecule has 3 rings (SSSR count). The van der Waals surface area contributed by atoms with Crippen molar-refractivity contribution in [2.24, 2.45) is 0 Å². The molecule has 2 atom stereocenters. The van der Waals surface area contributed by atoms with E-state index in [1.807, 2.05) is 13.0 Å².